The topological polar surface area (TPSA) is 110 Å². The Morgan fingerprint density at radius 3 is 2.65 bits per heavy atom. The van der Waals surface area contributed by atoms with Gasteiger partial charge in [-0.05, 0) is 18.3 Å². The molecule has 0 bridgehead atoms. The highest BCUT2D eigenvalue weighted by Gasteiger charge is 2.30. The van der Waals surface area contributed by atoms with Crippen LogP contribution in [-0.2, 0) is 0 Å². The van der Waals surface area contributed by atoms with E-state index >= 15 is 0 Å². The van der Waals surface area contributed by atoms with Crippen LogP contribution < -0.4 is 16.2 Å². The van der Waals surface area contributed by atoms with Gasteiger partial charge in [-0.2, -0.15) is 0 Å². The number of anilines is 1. The lowest BCUT2D eigenvalue weighted by Gasteiger charge is -2.26. The van der Waals surface area contributed by atoms with Crippen molar-refractivity contribution in [1.82, 2.24) is 15.3 Å². The Balaban J connectivity index is 2.26. The van der Waals surface area contributed by atoms with Crippen LogP contribution in [0.25, 0.3) is 0 Å². The molecule has 20 heavy (non-hydrogen) atoms. The summed E-state index contributed by atoms with van der Waals surface area (Å²) in [4.78, 5) is 28.9. The maximum absolute atomic E-state index is 12.1. The van der Waals surface area contributed by atoms with Gasteiger partial charge in [0.15, 0.2) is 4.77 Å². The minimum Gasteiger partial charge on any atom is -0.508 e. The molecule has 3 rings (SSSR count). The molecule has 2 amide bonds. The number of hydrogen-bond acceptors (Lipinski definition) is 4. The number of hydrogen-bond donors (Lipinski definition) is 5. The molecule has 0 saturated heterocycles. The van der Waals surface area contributed by atoms with Crippen LogP contribution in [0, 0.1) is 4.77 Å². The molecule has 2 aromatic rings. The second kappa shape index (κ2) is 4.49. The Bertz CT molecular complexity index is 811. The first kappa shape index (κ1) is 12.4. The van der Waals surface area contributed by atoms with Crippen molar-refractivity contribution in [3.05, 3.63) is 50.5 Å². The van der Waals surface area contributed by atoms with Crippen molar-refractivity contribution in [2.75, 3.05) is 5.32 Å². The highest BCUT2D eigenvalue weighted by molar-refractivity contribution is 7.71. The fraction of sp³-hybridized carbons (Fsp3) is 0.0833. The predicted molar refractivity (Wildman–Crippen MR) is 74.4 cm³/mol. The Hall–Kier alpha value is -2.61. The standard InChI is InChI=1S/C12H10N4O3S/c17-6-4-2-1-3-5(6)8-7-9(14-11(19)13-8)15-12(20)16-10(7)18/h1-4,8,17H,(H4,13,14,15,16,18,19,20). The number of urea groups is 1. The van der Waals surface area contributed by atoms with Crippen LogP contribution in [0.1, 0.15) is 17.2 Å². The summed E-state index contributed by atoms with van der Waals surface area (Å²) in [5.74, 6) is 0.225. The summed E-state index contributed by atoms with van der Waals surface area (Å²) >= 11 is 4.87. The molecule has 1 aliphatic rings. The lowest BCUT2D eigenvalue weighted by Crippen LogP contribution is -2.42. The largest absolute Gasteiger partial charge is 0.508 e. The molecule has 8 heteroatoms. The van der Waals surface area contributed by atoms with Gasteiger partial charge in [0.25, 0.3) is 5.56 Å². The van der Waals surface area contributed by atoms with E-state index in [4.69, 9.17) is 12.2 Å². The molecule has 1 aliphatic heterocycles. The van der Waals surface area contributed by atoms with Gasteiger partial charge in [-0.15, -0.1) is 0 Å². The number of fused-ring (bicyclic) bond motifs is 1. The number of H-pyrrole nitrogens is 2. The zero-order valence-electron chi connectivity index (χ0n) is 10.1. The fourth-order valence-electron chi connectivity index (χ4n) is 2.19. The average molecular weight is 290 g/mol. The van der Waals surface area contributed by atoms with Crippen molar-refractivity contribution in [1.29, 1.82) is 0 Å². The van der Waals surface area contributed by atoms with Gasteiger partial charge in [0, 0.05) is 5.56 Å². The van der Waals surface area contributed by atoms with Crippen LogP contribution in [0.5, 0.6) is 5.75 Å². The lowest BCUT2D eigenvalue weighted by molar-refractivity contribution is 0.248. The maximum atomic E-state index is 12.1. The fourth-order valence-corrected chi connectivity index (χ4v) is 2.38. The number of rotatable bonds is 1. The van der Waals surface area contributed by atoms with Crippen molar-refractivity contribution in [3.63, 3.8) is 0 Å². The van der Waals surface area contributed by atoms with Crippen molar-refractivity contribution < 1.29 is 9.90 Å². The number of aromatic nitrogens is 2. The van der Waals surface area contributed by atoms with E-state index in [1.807, 2.05) is 0 Å². The Morgan fingerprint density at radius 2 is 1.90 bits per heavy atom. The van der Waals surface area contributed by atoms with Gasteiger partial charge in [0.1, 0.15) is 11.6 Å². The van der Waals surface area contributed by atoms with Crippen molar-refractivity contribution >= 4 is 24.1 Å². The molecule has 0 saturated carbocycles. The van der Waals surface area contributed by atoms with E-state index in [-0.39, 0.29) is 21.9 Å². The van der Waals surface area contributed by atoms with Crippen LogP contribution in [0.2, 0.25) is 0 Å². The van der Waals surface area contributed by atoms with Gasteiger partial charge >= 0.3 is 6.03 Å². The van der Waals surface area contributed by atoms with Crippen LogP contribution in [-0.4, -0.2) is 21.1 Å². The molecule has 2 heterocycles. The first-order valence-corrected chi connectivity index (χ1v) is 6.19. The van der Waals surface area contributed by atoms with Gasteiger partial charge in [-0.25, -0.2) is 4.79 Å². The molecule has 1 aromatic carbocycles. The zero-order valence-corrected chi connectivity index (χ0v) is 10.9. The quantitative estimate of drug-likeness (QED) is 0.511. The SMILES string of the molecule is O=C1Nc2[nH]c(=S)[nH]c(=O)c2C(c2ccccc2O)N1. The number of phenolic OH excluding ortho intramolecular Hbond substituents is 1. The number of amides is 2. The van der Waals surface area contributed by atoms with Crippen LogP contribution in [0.15, 0.2) is 29.1 Å². The molecule has 0 radical (unpaired) electrons. The summed E-state index contributed by atoms with van der Waals surface area (Å²) in [6, 6.07) is 5.25. The highest BCUT2D eigenvalue weighted by Crippen LogP contribution is 2.32. The number of carbonyl (C=O) groups is 1. The van der Waals surface area contributed by atoms with E-state index in [1.165, 1.54) is 6.07 Å². The molecule has 102 valence electrons. The third-order valence-corrected chi connectivity index (χ3v) is 3.23. The normalized spacial score (nSPS) is 17.0. The number of para-hydroxylation sites is 1. The molecule has 1 atom stereocenters. The van der Waals surface area contributed by atoms with Gasteiger partial charge in [-0.1, -0.05) is 18.2 Å². The molecule has 0 fully saturated rings. The minimum absolute atomic E-state index is 0.00694. The zero-order chi connectivity index (χ0) is 14.3. The van der Waals surface area contributed by atoms with Crippen molar-refractivity contribution in [3.8, 4) is 5.75 Å². The van der Waals surface area contributed by atoms with Crippen LogP contribution >= 0.6 is 12.2 Å². The predicted octanol–water partition coefficient (Wildman–Crippen LogP) is 1.36. The smallest absolute Gasteiger partial charge is 0.321 e. The van der Waals surface area contributed by atoms with E-state index in [0.717, 1.165) is 0 Å². The first-order valence-electron chi connectivity index (χ1n) is 5.78. The van der Waals surface area contributed by atoms with Gasteiger partial charge in [-0.3, -0.25) is 15.1 Å². The molecular weight excluding hydrogens is 280 g/mol. The molecule has 0 spiro atoms. The summed E-state index contributed by atoms with van der Waals surface area (Å²) in [7, 11) is 0. The summed E-state index contributed by atoms with van der Waals surface area (Å²) in [5, 5.41) is 15.0. The molecule has 7 nitrogen and oxygen atoms in total. The molecular formula is C12H10N4O3S. The number of aromatic amines is 2. The van der Waals surface area contributed by atoms with Gasteiger partial charge in [0.2, 0.25) is 0 Å². The molecule has 1 aromatic heterocycles. The van der Waals surface area contributed by atoms with Crippen LogP contribution in [0.3, 0.4) is 0 Å². The van der Waals surface area contributed by atoms with Crippen molar-refractivity contribution in [2.24, 2.45) is 0 Å². The number of nitrogens with one attached hydrogen (secondary N) is 4. The van der Waals surface area contributed by atoms with E-state index in [2.05, 4.69) is 20.6 Å². The maximum Gasteiger partial charge on any atom is 0.321 e. The monoisotopic (exact) mass is 290 g/mol. The highest BCUT2D eigenvalue weighted by atomic mass is 32.1. The average Bonchev–Trinajstić information content (AvgIpc) is 2.37. The summed E-state index contributed by atoms with van der Waals surface area (Å²) < 4.78 is 0.118. The van der Waals surface area contributed by atoms with E-state index in [0.29, 0.717) is 5.56 Å². The summed E-state index contributed by atoms with van der Waals surface area (Å²) in [6.45, 7) is 0. The molecule has 5 N–H and O–H groups in total. The third kappa shape index (κ3) is 1.95. The van der Waals surface area contributed by atoms with E-state index in [9.17, 15) is 14.7 Å². The Kier molecular flexibility index (Phi) is 2.79. The van der Waals surface area contributed by atoms with Gasteiger partial charge in [0.05, 0.1) is 11.6 Å². The van der Waals surface area contributed by atoms with E-state index in [1.54, 1.807) is 18.2 Å². The van der Waals surface area contributed by atoms with E-state index < -0.39 is 17.6 Å². The second-order valence-corrected chi connectivity index (χ2v) is 4.70. The summed E-state index contributed by atoms with van der Waals surface area (Å²) in [5.41, 5.74) is 0.267. The number of phenols is 1. The third-order valence-electron chi connectivity index (χ3n) is 3.03. The second-order valence-electron chi connectivity index (χ2n) is 4.29. The van der Waals surface area contributed by atoms with Crippen molar-refractivity contribution in [2.45, 2.75) is 6.04 Å². The van der Waals surface area contributed by atoms with Crippen LogP contribution in [0.4, 0.5) is 10.6 Å². The number of aromatic hydroxyl groups is 1. The minimum atomic E-state index is -0.754. The lowest BCUT2D eigenvalue weighted by atomic mass is 9.98. The molecule has 0 aliphatic carbocycles. The number of carbonyl (C=O) groups excluding carboxylic acids is 1. The number of benzene rings is 1. The molecule has 1 unspecified atom stereocenters. The summed E-state index contributed by atoms with van der Waals surface area (Å²) in [6.07, 6.45) is 0. The van der Waals surface area contributed by atoms with Gasteiger partial charge < -0.3 is 15.4 Å². The first-order chi connectivity index (χ1) is 9.56. The Labute approximate surface area is 117 Å². The Morgan fingerprint density at radius 1 is 1.15 bits per heavy atom.